The smallest absolute Gasteiger partial charge is 0.382 e. The van der Waals surface area contributed by atoms with Gasteiger partial charge in [-0.25, -0.2) is 18.7 Å². The van der Waals surface area contributed by atoms with Crippen molar-refractivity contribution in [1.82, 2.24) is 19.5 Å². The Morgan fingerprint density at radius 3 is 2.52 bits per heavy atom. The van der Waals surface area contributed by atoms with E-state index < -0.39 is 29.3 Å². The van der Waals surface area contributed by atoms with Crippen LogP contribution in [0.25, 0.3) is 16.6 Å². The van der Waals surface area contributed by atoms with Crippen molar-refractivity contribution >= 4 is 28.7 Å². The minimum atomic E-state index is -4.70. The van der Waals surface area contributed by atoms with E-state index in [0.717, 1.165) is 0 Å². The van der Waals surface area contributed by atoms with E-state index in [0.29, 0.717) is 78.9 Å². The molecule has 14 heteroatoms. The Kier molecular flexibility index (Phi) is 7.24. The molecule has 206 valence electrons. The predicted molar refractivity (Wildman–Crippen MR) is 138 cm³/mol. The SMILES string of the molecule is N#Cc1c(-c2ccc(NC(=O)Nc3cc(C(F)(F)F)ccc3F)cc2)c2c(N)ncnn2c1CN1CCOCC1. The molecule has 0 saturated carbocycles. The van der Waals surface area contributed by atoms with Crippen molar-refractivity contribution in [2.24, 2.45) is 0 Å². The van der Waals surface area contributed by atoms with E-state index in [1.54, 1.807) is 16.6 Å². The summed E-state index contributed by atoms with van der Waals surface area (Å²) in [7, 11) is 0. The average Bonchev–Trinajstić information content (AvgIpc) is 3.24. The predicted octanol–water partition coefficient (Wildman–Crippen LogP) is 4.48. The maximum absolute atomic E-state index is 14.0. The fourth-order valence-electron chi connectivity index (χ4n) is 4.50. The Bertz CT molecular complexity index is 1610. The molecule has 3 heterocycles. The Balaban J connectivity index is 1.41. The third kappa shape index (κ3) is 5.37. The van der Waals surface area contributed by atoms with E-state index in [9.17, 15) is 27.6 Å². The zero-order valence-corrected chi connectivity index (χ0v) is 20.8. The van der Waals surface area contributed by atoms with Crippen molar-refractivity contribution in [1.29, 1.82) is 5.26 Å². The van der Waals surface area contributed by atoms with Crippen molar-refractivity contribution in [2.75, 3.05) is 42.7 Å². The lowest BCUT2D eigenvalue weighted by Crippen LogP contribution is -2.36. The van der Waals surface area contributed by atoms with Crippen LogP contribution in [0.2, 0.25) is 0 Å². The molecule has 0 aliphatic carbocycles. The lowest BCUT2D eigenvalue weighted by Gasteiger charge is -2.26. The molecular weight excluding hydrogens is 532 g/mol. The van der Waals surface area contributed by atoms with Crippen molar-refractivity contribution < 1.29 is 27.1 Å². The highest BCUT2D eigenvalue weighted by Crippen LogP contribution is 2.36. The van der Waals surface area contributed by atoms with Gasteiger partial charge in [-0.05, 0) is 35.9 Å². The van der Waals surface area contributed by atoms with Gasteiger partial charge in [0.25, 0.3) is 0 Å². The Morgan fingerprint density at radius 1 is 1.12 bits per heavy atom. The van der Waals surface area contributed by atoms with Crippen LogP contribution in [-0.2, 0) is 17.5 Å². The quantitative estimate of drug-likeness (QED) is 0.310. The number of fused-ring (bicyclic) bond motifs is 1. The van der Waals surface area contributed by atoms with Crippen LogP contribution in [0.5, 0.6) is 0 Å². The summed E-state index contributed by atoms with van der Waals surface area (Å²) in [6.45, 7) is 2.99. The summed E-state index contributed by atoms with van der Waals surface area (Å²) in [4.78, 5) is 18.6. The third-order valence-corrected chi connectivity index (χ3v) is 6.41. The molecule has 0 radical (unpaired) electrons. The zero-order chi connectivity index (χ0) is 28.4. The van der Waals surface area contributed by atoms with Crippen LogP contribution in [0.4, 0.5) is 39.5 Å². The van der Waals surface area contributed by atoms with E-state index in [1.165, 1.54) is 18.5 Å². The first-order valence-electron chi connectivity index (χ1n) is 12.0. The van der Waals surface area contributed by atoms with Crippen molar-refractivity contribution in [2.45, 2.75) is 12.7 Å². The van der Waals surface area contributed by atoms with Gasteiger partial charge in [0.2, 0.25) is 0 Å². The van der Waals surface area contributed by atoms with Crippen LogP contribution >= 0.6 is 0 Å². The standard InChI is InChI=1S/C26H22F4N8O2/c27-19-6-3-16(26(28,29)30)11-20(19)36-25(39)35-17-4-1-15(2-5-17)22-18(12-31)21(13-37-7-9-40-10-8-37)38-23(22)24(32)33-14-34-38/h1-6,11,14H,7-10,13H2,(H2,32,33,34)(H2,35,36,39). The number of ether oxygens (including phenoxy) is 1. The number of nitrogens with two attached hydrogens (primary N) is 1. The lowest BCUT2D eigenvalue weighted by atomic mass is 10.0. The van der Waals surface area contributed by atoms with Crippen molar-refractivity contribution in [3.63, 3.8) is 0 Å². The number of nitrogens with zero attached hydrogens (tertiary/aromatic N) is 5. The first kappa shape index (κ1) is 26.9. The van der Waals surface area contributed by atoms with E-state index in [1.807, 2.05) is 0 Å². The number of anilines is 3. The number of alkyl halides is 3. The van der Waals surface area contributed by atoms with Crippen LogP contribution in [0.15, 0.2) is 48.8 Å². The monoisotopic (exact) mass is 554 g/mol. The molecule has 0 atom stereocenters. The van der Waals surface area contributed by atoms with E-state index in [2.05, 4.69) is 31.7 Å². The molecule has 10 nitrogen and oxygen atoms in total. The zero-order valence-electron chi connectivity index (χ0n) is 20.8. The number of urea groups is 1. The average molecular weight is 555 g/mol. The Hall–Kier alpha value is -4.74. The molecule has 0 spiro atoms. The number of aromatic nitrogens is 3. The maximum Gasteiger partial charge on any atom is 0.416 e. The van der Waals surface area contributed by atoms with Gasteiger partial charge in [-0.2, -0.15) is 23.5 Å². The molecule has 1 fully saturated rings. The van der Waals surface area contributed by atoms with Gasteiger partial charge in [0.05, 0.1) is 35.7 Å². The fourth-order valence-corrected chi connectivity index (χ4v) is 4.50. The number of carbonyl (C=O) groups excluding carboxylic acids is 1. The van der Waals surface area contributed by atoms with Crippen molar-refractivity contribution in [3.8, 4) is 17.2 Å². The van der Waals surface area contributed by atoms with Crippen LogP contribution in [0.1, 0.15) is 16.8 Å². The molecule has 0 unspecified atom stereocenters. The summed E-state index contributed by atoms with van der Waals surface area (Å²) in [5.74, 6) is -0.838. The lowest BCUT2D eigenvalue weighted by molar-refractivity contribution is -0.137. The summed E-state index contributed by atoms with van der Waals surface area (Å²) in [6.07, 6.45) is -3.38. The van der Waals surface area contributed by atoms with Crippen molar-refractivity contribution in [3.05, 3.63) is 71.4 Å². The molecule has 2 amide bonds. The third-order valence-electron chi connectivity index (χ3n) is 6.41. The Morgan fingerprint density at radius 2 is 1.85 bits per heavy atom. The van der Waals surface area contributed by atoms with Crippen LogP contribution in [0, 0.1) is 17.1 Å². The largest absolute Gasteiger partial charge is 0.416 e. The normalized spacial score (nSPS) is 14.2. The first-order chi connectivity index (χ1) is 19.2. The van der Waals surface area contributed by atoms with Gasteiger partial charge in [-0.1, -0.05) is 12.1 Å². The second kappa shape index (κ2) is 10.8. The number of nitrogen functional groups attached to an aromatic ring is 1. The number of nitriles is 1. The highest BCUT2D eigenvalue weighted by molar-refractivity contribution is 6.00. The fraction of sp³-hybridized carbons (Fsp3) is 0.231. The van der Waals surface area contributed by atoms with Gasteiger partial charge in [-0.3, -0.25) is 4.90 Å². The van der Waals surface area contributed by atoms with Crippen LogP contribution in [-0.4, -0.2) is 51.8 Å². The number of nitrogens with one attached hydrogen (secondary N) is 2. The number of halogens is 4. The summed E-state index contributed by atoms with van der Waals surface area (Å²) in [5.41, 5.74) is 7.35. The maximum atomic E-state index is 14.0. The number of hydrogen-bond acceptors (Lipinski definition) is 7. The molecule has 1 aliphatic rings. The molecule has 1 saturated heterocycles. The van der Waals surface area contributed by atoms with Crippen LogP contribution < -0.4 is 16.4 Å². The molecule has 5 rings (SSSR count). The van der Waals surface area contributed by atoms with Crippen LogP contribution in [0.3, 0.4) is 0 Å². The number of rotatable bonds is 5. The van der Waals surface area contributed by atoms with Gasteiger partial charge < -0.3 is 21.1 Å². The van der Waals surface area contributed by atoms with Gasteiger partial charge in [0.15, 0.2) is 5.82 Å². The van der Waals surface area contributed by atoms with Gasteiger partial charge in [0, 0.05) is 30.9 Å². The molecule has 2 aromatic heterocycles. The van der Waals surface area contributed by atoms with Gasteiger partial charge >= 0.3 is 12.2 Å². The van der Waals surface area contributed by atoms with E-state index in [-0.39, 0.29) is 11.5 Å². The highest BCUT2D eigenvalue weighted by atomic mass is 19.4. The first-order valence-corrected chi connectivity index (χ1v) is 12.0. The molecule has 1 aliphatic heterocycles. The highest BCUT2D eigenvalue weighted by Gasteiger charge is 2.31. The number of morpholine rings is 1. The summed E-state index contributed by atoms with van der Waals surface area (Å²) < 4.78 is 59.9. The molecular formula is C26H22F4N8O2. The number of hydrogen-bond donors (Lipinski definition) is 3. The van der Waals surface area contributed by atoms with E-state index >= 15 is 0 Å². The van der Waals surface area contributed by atoms with E-state index in [4.69, 9.17) is 10.5 Å². The molecule has 4 N–H and O–H groups in total. The summed E-state index contributed by atoms with van der Waals surface area (Å²) >= 11 is 0. The van der Waals surface area contributed by atoms with Gasteiger partial charge in [-0.15, -0.1) is 0 Å². The minimum absolute atomic E-state index is 0.180. The molecule has 2 aromatic carbocycles. The van der Waals surface area contributed by atoms with Gasteiger partial charge in [0.1, 0.15) is 23.7 Å². The number of amides is 2. The number of carbonyl (C=O) groups is 1. The topological polar surface area (TPSA) is 134 Å². The molecule has 4 aromatic rings. The summed E-state index contributed by atoms with van der Waals surface area (Å²) in [6, 6.07) is 9.40. The summed E-state index contributed by atoms with van der Waals surface area (Å²) in [5, 5.41) is 19.0. The second-order valence-electron chi connectivity index (χ2n) is 8.95. The minimum Gasteiger partial charge on any atom is -0.382 e. The second-order valence-corrected chi connectivity index (χ2v) is 8.95. The molecule has 0 bridgehead atoms. The molecule has 40 heavy (non-hydrogen) atoms. The number of benzene rings is 2. The Labute approximate surface area is 225 Å².